The molecule has 0 heterocycles. The van der Waals surface area contributed by atoms with Crippen molar-refractivity contribution in [1.82, 2.24) is 5.32 Å². The molecule has 2 N–H and O–H groups in total. The van der Waals surface area contributed by atoms with Crippen LogP contribution in [0.2, 0.25) is 0 Å². The van der Waals surface area contributed by atoms with Crippen molar-refractivity contribution >= 4 is 23.2 Å². The van der Waals surface area contributed by atoms with Crippen LogP contribution in [0.3, 0.4) is 0 Å². The highest BCUT2D eigenvalue weighted by molar-refractivity contribution is 6.01. The van der Waals surface area contributed by atoms with Crippen molar-refractivity contribution in [2.45, 2.75) is 26.8 Å². The van der Waals surface area contributed by atoms with Crippen LogP contribution in [-0.2, 0) is 4.79 Å². The van der Waals surface area contributed by atoms with E-state index in [9.17, 15) is 9.59 Å². The highest BCUT2D eigenvalue weighted by atomic mass is 16.2. The van der Waals surface area contributed by atoms with Gasteiger partial charge in [-0.1, -0.05) is 31.5 Å². The average molecular weight is 353 g/mol. The Morgan fingerprint density at radius 1 is 1.00 bits per heavy atom. The van der Waals surface area contributed by atoms with Crippen LogP contribution in [0, 0.1) is 12.8 Å². The second kappa shape index (κ2) is 8.52. The monoisotopic (exact) mass is 353 g/mol. The first kappa shape index (κ1) is 19.5. The number of hydrogen-bond donors (Lipinski definition) is 2. The van der Waals surface area contributed by atoms with Crippen molar-refractivity contribution in [3.8, 4) is 0 Å². The number of amides is 2. The Labute approximate surface area is 155 Å². The molecule has 0 aliphatic carbocycles. The molecule has 1 atom stereocenters. The molecule has 5 heteroatoms. The first-order valence-corrected chi connectivity index (χ1v) is 8.73. The van der Waals surface area contributed by atoms with Crippen LogP contribution in [-0.4, -0.2) is 32.0 Å². The number of rotatable bonds is 6. The molecule has 138 valence electrons. The molecule has 0 saturated heterocycles. The van der Waals surface area contributed by atoms with E-state index in [1.54, 1.807) is 6.07 Å². The minimum absolute atomic E-state index is 0.0372. The second-order valence-electron chi connectivity index (χ2n) is 7.00. The largest absolute Gasteiger partial charge is 0.378 e. The zero-order valence-electron chi connectivity index (χ0n) is 16.0. The zero-order valence-corrected chi connectivity index (χ0v) is 16.0. The third-order valence-electron chi connectivity index (χ3n) is 4.17. The van der Waals surface area contributed by atoms with E-state index in [-0.39, 0.29) is 17.7 Å². The number of aryl methyl sites for hydroxylation is 1. The number of benzene rings is 2. The molecule has 0 fully saturated rings. The maximum absolute atomic E-state index is 12.7. The van der Waals surface area contributed by atoms with Crippen LogP contribution >= 0.6 is 0 Å². The fourth-order valence-corrected chi connectivity index (χ4v) is 2.61. The van der Waals surface area contributed by atoms with Gasteiger partial charge < -0.3 is 15.5 Å². The van der Waals surface area contributed by atoms with Crippen LogP contribution in [0.15, 0.2) is 48.5 Å². The Balaban J connectivity index is 2.08. The lowest BCUT2D eigenvalue weighted by molar-refractivity contribution is -0.118. The predicted molar refractivity (Wildman–Crippen MR) is 107 cm³/mol. The van der Waals surface area contributed by atoms with Crippen LogP contribution in [0.5, 0.6) is 0 Å². The summed E-state index contributed by atoms with van der Waals surface area (Å²) in [4.78, 5) is 27.2. The van der Waals surface area contributed by atoms with E-state index in [2.05, 4.69) is 10.6 Å². The fourth-order valence-electron chi connectivity index (χ4n) is 2.61. The zero-order chi connectivity index (χ0) is 19.3. The number of nitrogens with zero attached hydrogens (tertiary/aromatic N) is 1. The normalized spacial score (nSPS) is 11.8. The molecule has 5 nitrogen and oxygen atoms in total. The van der Waals surface area contributed by atoms with E-state index >= 15 is 0 Å². The van der Waals surface area contributed by atoms with Gasteiger partial charge in [0.2, 0.25) is 5.91 Å². The van der Waals surface area contributed by atoms with Gasteiger partial charge in [0, 0.05) is 31.0 Å². The van der Waals surface area contributed by atoms with Gasteiger partial charge >= 0.3 is 0 Å². The van der Waals surface area contributed by atoms with Crippen molar-refractivity contribution in [1.29, 1.82) is 0 Å². The van der Waals surface area contributed by atoms with Crippen LogP contribution < -0.4 is 15.5 Å². The number of hydrogen-bond acceptors (Lipinski definition) is 3. The summed E-state index contributed by atoms with van der Waals surface area (Å²) < 4.78 is 0. The topological polar surface area (TPSA) is 61.4 Å². The van der Waals surface area contributed by atoms with E-state index in [0.717, 1.165) is 11.3 Å². The van der Waals surface area contributed by atoms with Gasteiger partial charge in [-0.2, -0.15) is 0 Å². The molecule has 0 spiro atoms. The molecule has 2 aromatic rings. The highest BCUT2D eigenvalue weighted by Gasteiger charge is 2.24. The summed E-state index contributed by atoms with van der Waals surface area (Å²) >= 11 is 0. The average Bonchev–Trinajstić information content (AvgIpc) is 2.59. The lowest BCUT2D eigenvalue weighted by Gasteiger charge is -2.22. The molecule has 0 aromatic heterocycles. The Kier molecular flexibility index (Phi) is 6.39. The molecule has 2 rings (SSSR count). The van der Waals surface area contributed by atoms with E-state index in [0.29, 0.717) is 11.3 Å². The number of nitrogens with one attached hydrogen (secondary N) is 2. The number of carbonyl (C=O) groups excluding carboxylic acids is 2. The van der Waals surface area contributed by atoms with Crippen LogP contribution in [0.4, 0.5) is 11.4 Å². The highest BCUT2D eigenvalue weighted by Crippen LogP contribution is 2.17. The Morgan fingerprint density at radius 2 is 1.65 bits per heavy atom. The lowest BCUT2D eigenvalue weighted by Crippen LogP contribution is -2.47. The molecule has 1 unspecified atom stereocenters. The van der Waals surface area contributed by atoms with Gasteiger partial charge in [-0.15, -0.1) is 0 Å². The van der Waals surface area contributed by atoms with Crippen molar-refractivity contribution < 1.29 is 9.59 Å². The van der Waals surface area contributed by atoms with Crippen molar-refractivity contribution in [3.05, 3.63) is 59.7 Å². The van der Waals surface area contributed by atoms with E-state index in [1.165, 1.54) is 0 Å². The Bertz CT molecular complexity index is 767. The Hall–Kier alpha value is -2.82. The molecule has 0 aliphatic heterocycles. The van der Waals surface area contributed by atoms with Crippen molar-refractivity contribution in [3.63, 3.8) is 0 Å². The molecule has 0 bridgehead atoms. The van der Waals surface area contributed by atoms with E-state index in [4.69, 9.17) is 0 Å². The van der Waals surface area contributed by atoms with Crippen molar-refractivity contribution in [2.24, 2.45) is 5.92 Å². The SMILES string of the molecule is Cc1cccc(C(=O)NC(C(=O)Nc2ccc(N(C)C)cc2)C(C)C)c1. The Morgan fingerprint density at radius 3 is 2.19 bits per heavy atom. The third kappa shape index (κ3) is 5.09. The summed E-state index contributed by atoms with van der Waals surface area (Å²) in [7, 11) is 3.92. The van der Waals surface area contributed by atoms with Crippen LogP contribution in [0.1, 0.15) is 29.8 Å². The van der Waals surface area contributed by atoms with Crippen molar-refractivity contribution in [2.75, 3.05) is 24.3 Å². The standard InChI is InChI=1S/C21H27N3O2/c1-14(2)19(23-20(25)16-8-6-7-15(3)13-16)21(26)22-17-9-11-18(12-10-17)24(4)5/h6-14,19H,1-5H3,(H,22,26)(H,23,25). The molecule has 2 amide bonds. The van der Waals surface area contributed by atoms with Gasteiger partial charge in [-0.05, 0) is 49.2 Å². The summed E-state index contributed by atoms with van der Waals surface area (Å²) in [5, 5.41) is 5.74. The summed E-state index contributed by atoms with van der Waals surface area (Å²) in [6.45, 7) is 5.76. The molecule has 0 aliphatic rings. The van der Waals surface area contributed by atoms with Gasteiger partial charge in [-0.3, -0.25) is 9.59 Å². The molecule has 2 aromatic carbocycles. The number of carbonyl (C=O) groups is 2. The first-order valence-electron chi connectivity index (χ1n) is 8.73. The molecular weight excluding hydrogens is 326 g/mol. The maximum Gasteiger partial charge on any atom is 0.251 e. The first-order chi connectivity index (χ1) is 12.3. The van der Waals surface area contributed by atoms with E-state index < -0.39 is 6.04 Å². The summed E-state index contributed by atoms with van der Waals surface area (Å²) in [6.07, 6.45) is 0. The van der Waals surface area contributed by atoms with Gasteiger partial charge in [0.1, 0.15) is 6.04 Å². The second-order valence-corrected chi connectivity index (χ2v) is 7.00. The minimum Gasteiger partial charge on any atom is -0.378 e. The van der Waals surface area contributed by atoms with Gasteiger partial charge in [-0.25, -0.2) is 0 Å². The maximum atomic E-state index is 12.7. The molecular formula is C21H27N3O2. The van der Waals surface area contributed by atoms with Gasteiger partial charge in [0.05, 0.1) is 0 Å². The van der Waals surface area contributed by atoms with E-state index in [1.807, 2.05) is 82.2 Å². The molecule has 0 saturated carbocycles. The third-order valence-corrected chi connectivity index (χ3v) is 4.17. The summed E-state index contributed by atoms with van der Waals surface area (Å²) in [5.41, 5.74) is 3.31. The molecule has 26 heavy (non-hydrogen) atoms. The predicted octanol–water partition coefficient (Wildman–Crippen LogP) is 3.45. The van der Waals surface area contributed by atoms with Gasteiger partial charge in [0.15, 0.2) is 0 Å². The fraction of sp³-hybridized carbons (Fsp3) is 0.333. The minimum atomic E-state index is -0.614. The van der Waals surface area contributed by atoms with Crippen LogP contribution in [0.25, 0.3) is 0 Å². The summed E-state index contributed by atoms with van der Waals surface area (Å²) in [5.74, 6) is -0.506. The smallest absolute Gasteiger partial charge is 0.251 e. The lowest BCUT2D eigenvalue weighted by atomic mass is 10.0. The van der Waals surface area contributed by atoms with Gasteiger partial charge in [0.25, 0.3) is 5.91 Å². The number of anilines is 2. The summed E-state index contributed by atoms with van der Waals surface area (Å²) in [6, 6.07) is 14.3. The quantitative estimate of drug-likeness (QED) is 0.836. The molecule has 0 radical (unpaired) electrons.